The summed E-state index contributed by atoms with van der Waals surface area (Å²) in [5, 5.41) is 0. The summed E-state index contributed by atoms with van der Waals surface area (Å²) < 4.78 is 5.04. The predicted octanol–water partition coefficient (Wildman–Crippen LogP) is 1.44. The molecule has 0 unspecified atom stereocenters. The minimum atomic E-state index is 0.457. The molecule has 0 atom stereocenters. The van der Waals surface area contributed by atoms with Crippen LogP contribution in [-0.2, 0) is 0 Å². The van der Waals surface area contributed by atoms with Crippen molar-refractivity contribution in [1.82, 2.24) is 15.0 Å². The third-order valence-electron chi connectivity index (χ3n) is 1.42. The van der Waals surface area contributed by atoms with Crippen LogP contribution in [0.5, 0.6) is 0 Å². The van der Waals surface area contributed by atoms with Gasteiger partial charge in [-0.25, -0.2) is 15.0 Å². The Balaban J connectivity index is 2.48. The second-order valence-corrected chi connectivity index (χ2v) is 2.36. The van der Waals surface area contributed by atoms with E-state index in [2.05, 4.69) is 15.0 Å². The molecule has 2 aromatic heterocycles. The first-order valence-corrected chi connectivity index (χ1v) is 3.56. The highest BCUT2D eigenvalue weighted by atomic mass is 16.3. The molecule has 4 nitrogen and oxygen atoms in total. The van der Waals surface area contributed by atoms with E-state index in [4.69, 9.17) is 4.42 Å². The van der Waals surface area contributed by atoms with Gasteiger partial charge in [-0.3, -0.25) is 0 Å². The smallest absolute Gasteiger partial charge is 0.264 e. The molecule has 0 spiro atoms. The highest BCUT2D eigenvalue weighted by Gasteiger charge is 2.04. The molecule has 2 rings (SSSR count). The number of oxazole rings is 1. The first kappa shape index (κ1) is 6.97. The lowest BCUT2D eigenvalue weighted by Gasteiger charge is -1.93. The summed E-state index contributed by atoms with van der Waals surface area (Å²) >= 11 is 0. The molecule has 0 fully saturated rings. The van der Waals surface area contributed by atoms with E-state index in [-0.39, 0.29) is 0 Å². The quantitative estimate of drug-likeness (QED) is 0.635. The molecule has 2 heterocycles. The number of rotatable bonds is 1. The van der Waals surface area contributed by atoms with Crippen LogP contribution in [0.25, 0.3) is 11.7 Å². The molecule has 0 amide bonds. The van der Waals surface area contributed by atoms with Gasteiger partial charge in [0, 0.05) is 11.9 Å². The lowest BCUT2D eigenvalue weighted by atomic mass is 10.4. The van der Waals surface area contributed by atoms with Crippen LogP contribution in [0, 0.1) is 6.92 Å². The second kappa shape index (κ2) is 2.73. The molecule has 60 valence electrons. The summed E-state index contributed by atoms with van der Waals surface area (Å²) in [6, 6.07) is 1.83. The zero-order chi connectivity index (χ0) is 8.39. The molecule has 0 saturated carbocycles. The van der Waals surface area contributed by atoms with Crippen LogP contribution in [0.1, 0.15) is 5.69 Å². The summed E-state index contributed by atoms with van der Waals surface area (Å²) in [4.78, 5) is 12.1. The molecule has 4 heteroatoms. The van der Waals surface area contributed by atoms with Crippen molar-refractivity contribution in [3.05, 3.63) is 30.4 Å². The Morgan fingerprint density at radius 2 is 2.17 bits per heavy atom. The van der Waals surface area contributed by atoms with Crippen molar-refractivity contribution in [3.8, 4) is 11.7 Å². The first-order chi connectivity index (χ1) is 5.86. The van der Waals surface area contributed by atoms with Crippen LogP contribution in [0.4, 0.5) is 0 Å². The summed E-state index contributed by atoms with van der Waals surface area (Å²) in [6.07, 6.45) is 4.75. The summed E-state index contributed by atoms with van der Waals surface area (Å²) in [6.45, 7) is 1.90. The third kappa shape index (κ3) is 1.18. The third-order valence-corrected chi connectivity index (χ3v) is 1.42. The van der Waals surface area contributed by atoms with Gasteiger partial charge in [0.05, 0.1) is 6.20 Å². The Morgan fingerprint density at radius 1 is 1.25 bits per heavy atom. The molecule has 0 aliphatic heterocycles. The highest BCUT2D eigenvalue weighted by molar-refractivity contribution is 5.38. The molecule has 12 heavy (non-hydrogen) atoms. The van der Waals surface area contributed by atoms with Gasteiger partial charge in [0.1, 0.15) is 6.26 Å². The lowest BCUT2D eigenvalue weighted by Crippen LogP contribution is -1.89. The number of aryl methyl sites for hydroxylation is 1. The Morgan fingerprint density at radius 3 is 2.83 bits per heavy atom. The van der Waals surface area contributed by atoms with E-state index in [1.165, 1.54) is 6.26 Å². The second-order valence-electron chi connectivity index (χ2n) is 2.36. The minimum Gasteiger partial charge on any atom is -0.442 e. The van der Waals surface area contributed by atoms with Gasteiger partial charge in [-0.2, -0.15) is 0 Å². The van der Waals surface area contributed by atoms with E-state index in [1.807, 2.05) is 13.0 Å². The maximum absolute atomic E-state index is 5.04. The fourth-order valence-electron chi connectivity index (χ4n) is 0.886. The van der Waals surface area contributed by atoms with Crippen molar-refractivity contribution < 1.29 is 4.42 Å². The molecule has 2 aromatic rings. The maximum atomic E-state index is 5.04. The average Bonchev–Trinajstić information content (AvgIpc) is 2.56. The average molecular weight is 161 g/mol. The SMILES string of the molecule is Cc1ccnc(-c2ncco2)n1. The summed E-state index contributed by atoms with van der Waals surface area (Å²) in [5.74, 6) is 0.985. The van der Waals surface area contributed by atoms with Gasteiger partial charge >= 0.3 is 0 Å². The van der Waals surface area contributed by atoms with Crippen molar-refractivity contribution in [2.45, 2.75) is 6.92 Å². The lowest BCUT2D eigenvalue weighted by molar-refractivity contribution is 0.568. The molecule has 0 radical (unpaired) electrons. The van der Waals surface area contributed by atoms with E-state index in [0.717, 1.165) is 5.69 Å². The molecular formula is C8H7N3O. The van der Waals surface area contributed by atoms with E-state index in [1.54, 1.807) is 12.4 Å². The number of aromatic nitrogens is 3. The van der Waals surface area contributed by atoms with Gasteiger partial charge in [-0.15, -0.1) is 0 Å². The predicted molar refractivity (Wildman–Crippen MR) is 42.3 cm³/mol. The number of hydrogen-bond acceptors (Lipinski definition) is 4. The van der Waals surface area contributed by atoms with E-state index in [9.17, 15) is 0 Å². The highest BCUT2D eigenvalue weighted by Crippen LogP contribution is 2.10. The Kier molecular flexibility index (Phi) is 1.59. The van der Waals surface area contributed by atoms with E-state index < -0.39 is 0 Å². The molecule has 0 aliphatic carbocycles. The van der Waals surface area contributed by atoms with Gasteiger partial charge < -0.3 is 4.42 Å². The van der Waals surface area contributed by atoms with Crippen LogP contribution >= 0.6 is 0 Å². The molecule has 0 aromatic carbocycles. The van der Waals surface area contributed by atoms with Crippen LogP contribution in [0.15, 0.2) is 29.1 Å². The van der Waals surface area contributed by atoms with Gasteiger partial charge in [-0.05, 0) is 13.0 Å². The van der Waals surface area contributed by atoms with Crippen LogP contribution in [0.3, 0.4) is 0 Å². The monoisotopic (exact) mass is 161 g/mol. The van der Waals surface area contributed by atoms with E-state index in [0.29, 0.717) is 11.7 Å². The zero-order valence-corrected chi connectivity index (χ0v) is 6.56. The van der Waals surface area contributed by atoms with Crippen molar-refractivity contribution in [1.29, 1.82) is 0 Å². The van der Waals surface area contributed by atoms with Gasteiger partial charge in [0.2, 0.25) is 5.82 Å². The zero-order valence-electron chi connectivity index (χ0n) is 6.56. The van der Waals surface area contributed by atoms with E-state index >= 15 is 0 Å². The molecule has 0 aliphatic rings. The van der Waals surface area contributed by atoms with Gasteiger partial charge in [0.25, 0.3) is 5.89 Å². The van der Waals surface area contributed by atoms with Crippen LogP contribution in [-0.4, -0.2) is 15.0 Å². The fourth-order valence-corrected chi connectivity index (χ4v) is 0.886. The standard InChI is InChI=1S/C8H7N3O/c1-6-2-3-9-7(11-6)8-10-4-5-12-8/h2-5H,1H3. The Hall–Kier alpha value is -1.71. The fraction of sp³-hybridized carbons (Fsp3) is 0.125. The largest absolute Gasteiger partial charge is 0.442 e. The summed E-state index contributed by atoms with van der Waals surface area (Å²) in [5.41, 5.74) is 0.901. The van der Waals surface area contributed by atoms with Crippen molar-refractivity contribution in [2.75, 3.05) is 0 Å². The molecule has 0 saturated heterocycles. The number of hydrogen-bond donors (Lipinski definition) is 0. The van der Waals surface area contributed by atoms with Crippen molar-refractivity contribution in [3.63, 3.8) is 0 Å². The van der Waals surface area contributed by atoms with Gasteiger partial charge in [0.15, 0.2) is 0 Å². The minimum absolute atomic E-state index is 0.457. The molecular weight excluding hydrogens is 154 g/mol. The maximum Gasteiger partial charge on any atom is 0.264 e. The Bertz CT molecular complexity index is 370. The van der Waals surface area contributed by atoms with Crippen molar-refractivity contribution >= 4 is 0 Å². The van der Waals surface area contributed by atoms with Crippen molar-refractivity contribution in [2.24, 2.45) is 0 Å². The van der Waals surface area contributed by atoms with Gasteiger partial charge in [-0.1, -0.05) is 0 Å². The summed E-state index contributed by atoms with van der Waals surface area (Å²) in [7, 11) is 0. The first-order valence-electron chi connectivity index (χ1n) is 3.56. The molecule has 0 N–H and O–H groups in total. The normalized spacial score (nSPS) is 10.1. The Labute approximate surface area is 69.3 Å². The topological polar surface area (TPSA) is 51.8 Å². The molecule has 0 bridgehead atoms. The van der Waals surface area contributed by atoms with Crippen LogP contribution in [0.2, 0.25) is 0 Å². The number of nitrogens with zero attached hydrogens (tertiary/aromatic N) is 3. The van der Waals surface area contributed by atoms with Crippen LogP contribution < -0.4 is 0 Å².